The fraction of sp³-hybridized carbons (Fsp3) is 0.273. The second-order valence-corrected chi connectivity index (χ2v) is 6.35. The third-order valence-corrected chi connectivity index (χ3v) is 4.43. The molecule has 2 aromatic carbocycles. The molecule has 1 heterocycles. The Kier molecular flexibility index (Phi) is 6.32. The lowest BCUT2D eigenvalue weighted by atomic mass is 10.1. The van der Waals surface area contributed by atoms with Crippen molar-refractivity contribution in [1.29, 1.82) is 0 Å². The van der Waals surface area contributed by atoms with Crippen molar-refractivity contribution in [3.05, 3.63) is 65.5 Å². The van der Waals surface area contributed by atoms with Crippen LogP contribution < -0.4 is 14.8 Å². The predicted octanol–water partition coefficient (Wildman–Crippen LogP) is 3.57. The molecule has 146 valence electrons. The molecule has 6 nitrogen and oxygen atoms in total. The van der Waals surface area contributed by atoms with Gasteiger partial charge in [-0.1, -0.05) is 24.3 Å². The normalized spacial score (nSPS) is 10.5. The summed E-state index contributed by atoms with van der Waals surface area (Å²) < 4.78 is 16.2. The van der Waals surface area contributed by atoms with Crippen LogP contribution in [0.15, 0.2) is 52.9 Å². The number of methoxy groups -OCH3 is 2. The molecule has 0 spiro atoms. The average molecular weight is 380 g/mol. The van der Waals surface area contributed by atoms with Gasteiger partial charge in [0.2, 0.25) is 11.8 Å². The largest absolute Gasteiger partial charge is 0.493 e. The Morgan fingerprint density at radius 2 is 1.82 bits per heavy atom. The van der Waals surface area contributed by atoms with Crippen LogP contribution in [0, 0.1) is 6.92 Å². The van der Waals surface area contributed by atoms with E-state index in [0.717, 1.165) is 11.1 Å². The highest BCUT2D eigenvalue weighted by Crippen LogP contribution is 2.27. The van der Waals surface area contributed by atoms with Crippen molar-refractivity contribution in [3.8, 4) is 23.0 Å². The number of oxazole rings is 1. The maximum Gasteiger partial charge on any atom is 0.226 e. The Hall–Kier alpha value is -3.28. The van der Waals surface area contributed by atoms with E-state index in [0.29, 0.717) is 41.8 Å². The van der Waals surface area contributed by atoms with Gasteiger partial charge in [-0.15, -0.1) is 0 Å². The Bertz CT molecular complexity index is 935. The highest BCUT2D eigenvalue weighted by molar-refractivity contribution is 5.78. The number of hydrogen-bond acceptors (Lipinski definition) is 5. The second kappa shape index (κ2) is 9.08. The van der Waals surface area contributed by atoms with E-state index in [1.54, 1.807) is 14.2 Å². The summed E-state index contributed by atoms with van der Waals surface area (Å²) in [6.07, 6.45) is 0.882. The molecule has 6 heteroatoms. The number of carbonyl (C=O) groups excluding carboxylic acids is 1. The zero-order chi connectivity index (χ0) is 19.9. The van der Waals surface area contributed by atoms with Crippen LogP contribution in [0.3, 0.4) is 0 Å². The van der Waals surface area contributed by atoms with Gasteiger partial charge in [0, 0.05) is 12.1 Å². The molecule has 0 saturated heterocycles. The summed E-state index contributed by atoms with van der Waals surface area (Å²) in [5.74, 6) is 2.47. The minimum absolute atomic E-state index is 0.0866. The fourth-order valence-electron chi connectivity index (χ4n) is 2.89. The van der Waals surface area contributed by atoms with Crippen LogP contribution in [0.2, 0.25) is 0 Å². The van der Waals surface area contributed by atoms with Gasteiger partial charge >= 0.3 is 0 Å². The summed E-state index contributed by atoms with van der Waals surface area (Å²) in [6.45, 7) is 2.35. The highest BCUT2D eigenvalue weighted by atomic mass is 16.5. The maximum absolute atomic E-state index is 12.3. The van der Waals surface area contributed by atoms with E-state index in [2.05, 4.69) is 10.3 Å². The van der Waals surface area contributed by atoms with Crippen LogP contribution >= 0.6 is 0 Å². The number of nitrogens with zero attached hydrogens (tertiary/aromatic N) is 1. The third kappa shape index (κ3) is 4.71. The average Bonchev–Trinajstić information content (AvgIpc) is 3.08. The number of nitrogens with one attached hydrogen (secondary N) is 1. The van der Waals surface area contributed by atoms with Crippen molar-refractivity contribution in [2.24, 2.45) is 0 Å². The van der Waals surface area contributed by atoms with E-state index < -0.39 is 0 Å². The van der Waals surface area contributed by atoms with E-state index in [9.17, 15) is 4.79 Å². The number of benzene rings is 2. The predicted molar refractivity (Wildman–Crippen MR) is 107 cm³/mol. The molecule has 3 aromatic rings. The lowest BCUT2D eigenvalue weighted by Gasteiger charge is -2.10. The summed E-state index contributed by atoms with van der Waals surface area (Å²) >= 11 is 0. The molecule has 1 aromatic heterocycles. The second-order valence-electron chi connectivity index (χ2n) is 6.35. The molecule has 0 fully saturated rings. The van der Waals surface area contributed by atoms with Crippen LogP contribution in [-0.4, -0.2) is 31.7 Å². The van der Waals surface area contributed by atoms with E-state index in [1.165, 1.54) is 0 Å². The molecule has 0 aliphatic carbocycles. The molecule has 0 atom stereocenters. The smallest absolute Gasteiger partial charge is 0.226 e. The Balaban J connectivity index is 1.54. The van der Waals surface area contributed by atoms with Crippen LogP contribution in [0.4, 0.5) is 0 Å². The highest BCUT2D eigenvalue weighted by Gasteiger charge is 2.14. The molecule has 0 radical (unpaired) electrons. The molecule has 0 saturated carbocycles. The Morgan fingerprint density at radius 1 is 1.07 bits per heavy atom. The first kappa shape index (κ1) is 19.5. The van der Waals surface area contributed by atoms with E-state index in [1.807, 2.05) is 55.5 Å². The lowest BCUT2D eigenvalue weighted by molar-refractivity contribution is -0.120. The van der Waals surface area contributed by atoms with Crippen LogP contribution in [0.25, 0.3) is 11.5 Å². The van der Waals surface area contributed by atoms with Gasteiger partial charge in [-0.2, -0.15) is 0 Å². The summed E-state index contributed by atoms with van der Waals surface area (Å²) in [5, 5.41) is 2.93. The van der Waals surface area contributed by atoms with Gasteiger partial charge in [0.25, 0.3) is 0 Å². The number of hydrogen-bond donors (Lipinski definition) is 1. The first-order valence-electron chi connectivity index (χ1n) is 9.10. The van der Waals surface area contributed by atoms with Gasteiger partial charge in [-0.3, -0.25) is 4.79 Å². The van der Waals surface area contributed by atoms with Crippen molar-refractivity contribution in [1.82, 2.24) is 10.3 Å². The number of aryl methyl sites for hydroxylation is 1. The molecule has 28 heavy (non-hydrogen) atoms. The SMILES string of the molecule is COc1ccc(CCNC(=O)Cc2nc(-c3ccccc3)oc2C)cc1OC. The molecule has 0 aliphatic heterocycles. The van der Waals surface area contributed by atoms with Gasteiger partial charge in [0.15, 0.2) is 11.5 Å². The number of aromatic nitrogens is 1. The molecule has 0 unspecified atom stereocenters. The molecule has 1 N–H and O–H groups in total. The summed E-state index contributed by atoms with van der Waals surface area (Å²) in [7, 11) is 3.21. The molecule has 0 bridgehead atoms. The van der Waals surface area contributed by atoms with Gasteiger partial charge in [-0.05, 0) is 43.2 Å². The van der Waals surface area contributed by atoms with Crippen molar-refractivity contribution < 1.29 is 18.7 Å². The number of ether oxygens (including phenoxy) is 2. The minimum Gasteiger partial charge on any atom is -0.493 e. The molecule has 0 aliphatic rings. The monoisotopic (exact) mass is 380 g/mol. The van der Waals surface area contributed by atoms with E-state index in [4.69, 9.17) is 13.9 Å². The Labute approximate surface area is 164 Å². The van der Waals surface area contributed by atoms with Crippen molar-refractivity contribution in [3.63, 3.8) is 0 Å². The summed E-state index contributed by atoms with van der Waals surface area (Å²) in [4.78, 5) is 16.8. The first-order chi connectivity index (χ1) is 13.6. The number of carbonyl (C=O) groups is 1. The van der Waals surface area contributed by atoms with Crippen LogP contribution in [-0.2, 0) is 17.6 Å². The summed E-state index contributed by atoms with van der Waals surface area (Å²) in [5.41, 5.74) is 2.61. The molecular formula is C22H24N2O4. The number of amides is 1. The molecule has 1 amide bonds. The molecular weight excluding hydrogens is 356 g/mol. The fourth-order valence-corrected chi connectivity index (χ4v) is 2.89. The quantitative estimate of drug-likeness (QED) is 0.647. The van der Waals surface area contributed by atoms with E-state index >= 15 is 0 Å². The summed E-state index contributed by atoms with van der Waals surface area (Å²) in [6, 6.07) is 15.4. The van der Waals surface area contributed by atoms with Crippen LogP contribution in [0.5, 0.6) is 11.5 Å². The third-order valence-electron chi connectivity index (χ3n) is 4.43. The van der Waals surface area contributed by atoms with Gasteiger partial charge in [0.05, 0.1) is 26.3 Å². The van der Waals surface area contributed by atoms with Gasteiger partial charge in [-0.25, -0.2) is 4.98 Å². The molecule has 3 rings (SSSR count). The van der Waals surface area contributed by atoms with Crippen LogP contribution in [0.1, 0.15) is 17.0 Å². The number of rotatable bonds is 8. The zero-order valence-corrected chi connectivity index (χ0v) is 16.3. The Morgan fingerprint density at radius 3 is 2.54 bits per heavy atom. The zero-order valence-electron chi connectivity index (χ0n) is 16.3. The standard InChI is InChI=1S/C22H24N2O4/c1-15-18(24-22(28-15)17-7-5-4-6-8-17)14-21(25)23-12-11-16-9-10-19(26-2)20(13-16)27-3/h4-10,13H,11-12,14H2,1-3H3,(H,23,25). The van der Waals surface area contributed by atoms with Gasteiger partial charge in [0.1, 0.15) is 5.76 Å². The van der Waals surface area contributed by atoms with Crippen molar-refractivity contribution in [2.75, 3.05) is 20.8 Å². The topological polar surface area (TPSA) is 73.6 Å². The minimum atomic E-state index is -0.0866. The van der Waals surface area contributed by atoms with Gasteiger partial charge < -0.3 is 19.2 Å². The van der Waals surface area contributed by atoms with Crippen molar-refractivity contribution >= 4 is 5.91 Å². The van der Waals surface area contributed by atoms with Crippen molar-refractivity contribution in [2.45, 2.75) is 19.8 Å². The van der Waals surface area contributed by atoms with E-state index in [-0.39, 0.29) is 12.3 Å². The lowest BCUT2D eigenvalue weighted by Crippen LogP contribution is -2.27. The first-order valence-corrected chi connectivity index (χ1v) is 9.10. The maximum atomic E-state index is 12.3.